The third kappa shape index (κ3) is 4.15. The van der Waals surface area contributed by atoms with Crippen molar-refractivity contribution in [3.8, 4) is 0 Å². The van der Waals surface area contributed by atoms with Gasteiger partial charge in [0.2, 0.25) is 10.0 Å². The fourth-order valence-electron chi connectivity index (χ4n) is 4.77. The minimum absolute atomic E-state index is 0.00437. The first-order valence-electron chi connectivity index (χ1n) is 11.2. The molecule has 0 radical (unpaired) electrons. The van der Waals surface area contributed by atoms with E-state index in [-0.39, 0.29) is 28.1 Å². The summed E-state index contributed by atoms with van der Waals surface area (Å²) in [5, 5.41) is 10.4. The highest BCUT2D eigenvalue weighted by Crippen LogP contribution is 2.44. The summed E-state index contributed by atoms with van der Waals surface area (Å²) in [4.78, 5) is 4.47. The van der Waals surface area contributed by atoms with Crippen molar-refractivity contribution in [2.75, 3.05) is 5.32 Å². The summed E-state index contributed by atoms with van der Waals surface area (Å²) in [6.45, 7) is 6.55. The zero-order chi connectivity index (χ0) is 23.4. The van der Waals surface area contributed by atoms with E-state index in [0.29, 0.717) is 17.7 Å². The summed E-state index contributed by atoms with van der Waals surface area (Å²) in [5.74, 6) is 0.735. The molecule has 2 atom stereocenters. The number of halogens is 1. The van der Waals surface area contributed by atoms with Gasteiger partial charge in [-0.2, -0.15) is 5.10 Å². The topological polar surface area (TPSA) is 99.8 Å². The van der Waals surface area contributed by atoms with E-state index in [1.165, 1.54) is 23.3 Å². The fourth-order valence-corrected chi connectivity index (χ4v) is 5.99. The van der Waals surface area contributed by atoms with Crippen molar-refractivity contribution in [3.63, 3.8) is 0 Å². The third-order valence-electron chi connectivity index (χ3n) is 6.76. The number of sulfonamides is 1. The molecule has 174 valence electrons. The molecule has 2 unspecified atom stereocenters. The maximum atomic E-state index is 14.9. The predicted octanol–water partition coefficient (Wildman–Crippen LogP) is 4.83. The van der Waals surface area contributed by atoms with Crippen LogP contribution in [0.3, 0.4) is 0 Å². The first-order chi connectivity index (χ1) is 15.6. The number of benzene rings is 1. The molecule has 0 bridgehead atoms. The molecule has 0 saturated heterocycles. The summed E-state index contributed by atoms with van der Waals surface area (Å²) in [6.07, 6.45) is 7.07. The second-order valence-electron chi connectivity index (χ2n) is 10.0. The summed E-state index contributed by atoms with van der Waals surface area (Å²) in [7, 11) is -3.61. The number of fused-ring (bicyclic) bond motifs is 1. The molecule has 1 saturated carbocycles. The van der Waals surface area contributed by atoms with Gasteiger partial charge in [0.15, 0.2) is 11.6 Å². The Labute approximate surface area is 193 Å². The second kappa shape index (κ2) is 7.92. The van der Waals surface area contributed by atoms with Crippen LogP contribution in [0.2, 0.25) is 0 Å². The average molecular weight is 470 g/mol. The van der Waals surface area contributed by atoms with Crippen molar-refractivity contribution in [2.24, 2.45) is 0 Å². The van der Waals surface area contributed by atoms with E-state index >= 15 is 0 Å². The van der Waals surface area contributed by atoms with Gasteiger partial charge < -0.3 is 5.32 Å². The molecule has 3 aromatic rings. The first-order valence-corrected chi connectivity index (χ1v) is 12.7. The Kier molecular flexibility index (Phi) is 5.29. The zero-order valence-electron chi connectivity index (χ0n) is 18.9. The van der Waals surface area contributed by atoms with E-state index in [9.17, 15) is 12.8 Å². The van der Waals surface area contributed by atoms with Crippen LogP contribution in [0.1, 0.15) is 74.3 Å². The number of nitrogens with one attached hydrogen (secondary N) is 3. The molecule has 1 fully saturated rings. The number of pyridine rings is 1. The van der Waals surface area contributed by atoms with Crippen LogP contribution in [-0.4, -0.2) is 23.6 Å². The monoisotopic (exact) mass is 469 g/mol. The van der Waals surface area contributed by atoms with Crippen molar-refractivity contribution in [1.82, 2.24) is 19.9 Å². The molecule has 33 heavy (non-hydrogen) atoms. The van der Waals surface area contributed by atoms with Gasteiger partial charge in [0, 0.05) is 42.2 Å². The highest BCUT2D eigenvalue weighted by Gasteiger charge is 2.31. The minimum atomic E-state index is -3.61. The highest BCUT2D eigenvalue weighted by atomic mass is 32.2. The zero-order valence-corrected chi connectivity index (χ0v) is 19.8. The lowest BCUT2D eigenvalue weighted by atomic mass is 9.85. The van der Waals surface area contributed by atoms with E-state index in [2.05, 4.69) is 52.1 Å². The second-order valence-corrected chi connectivity index (χ2v) is 11.8. The van der Waals surface area contributed by atoms with Gasteiger partial charge in [-0.15, -0.1) is 0 Å². The Morgan fingerprint density at radius 3 is 2.70 bits per heavy atom. The van der Waals surface area contributed by atoms with Gasteiger partial charge in [-0.25, -0.2) is 17.5 Å². The number of hydrogen-bond donors (Lipinski definition) is 3. The lowest BCUT2D eigenvalue weighted by Gasteiger charge is -2.20. The van der Waals surface area contributed by atoms with Crippen molar-refractivity contribution in [3.05, 3.63) is 64.9 Å². The Morgan fingerprint density at radius 2 is 1.91 bits per heavy atom. The van der Waals surface area contributed by atoms with Gasteiger partial charge in [-0.3, -0.25) is 10.1 Å². The van der Waals surface area contributed by atoms with E-state index in [0.717, 1.165) is 25.0 Å². The largest absolute Gasteiger partial charge is 0.336 e. The quantitative estimate of drug-likeness (QED) is 0.508. The van der Waals surface area contributed by atoms with Gasteiger partial charge in [0.1, 0.15) is 0 Å². The Hall–Kier alpha value is -2.78. The van der Waals surface area contributed by atoms with E-state index < -0.39 is 15.8 Å². The normalized spacial score (nSPS) is 21.8. The van der Waals surface area contributed by atoms with Gasteiger partial charge in [0.25, 0.3) is 0 Å². The number of H-pyrrole nitrogens is 1. The van der Waals surface area contributed by atoms with Crippen LogP contribution in [-0.2, 0) is 22.0 Å². The SMILES string of the molecule is CC(C)(C)c1cncc(C2CCC(c3cc(Nc4ccc5c(c4F)CNS5(=O)=O)n[nH]3)C2)c1. The molecule has 0 spiro atoms. The molecule has 2 aliphatic rings. The lowest BCUT2D eigenvalue weighted by Crippen LogP contribution is -2.13. The van der Waals surface area contributed by atoms with Crippen LogP contribution in [0.4, 0.5) is 15.9 Å². The van der Waals surface area contributed by atoms with Crippen molar-refractivity contribution in [2.45, 2.75) is 68.7 Å². The van der Waals surface area contributed by atoms with E-state index in [1.807, 2.05) is 18.5 Å². The van der Waals surface area contributed by atoms with Crippen molar-refractivity contribution < 1.29 is 12.8 Å². The number of nitrogens with zero attached hydrogens (tertiary/aromatic N) is 2. The molecule has 9 heteroatoms. The van der Waals surface area contributed by atoms with Crippen molar-refractivity contribution >= 4 is 21.5 Å². The molecule has 5 rings (SSSR count). The van der Waals surface area contributed by atoms with Crippen LogP contribution in [0.15, 0.2) is 41.6 Å². The van der Waals surface area contributed by atoms with Crippen LogP contribution in [0, 0.1) is 5.82 Å². The number of hydrogen-bond acceptors (Lipinski definition) is 5. The number of aromatic nitrogens is 3. The molecular weight excluding hydrogens is 441 g/mol. The maximum Gasteiger partial charge on any atom is 0.241 e. The molecule has 0 amide bonds. The van der Waals surface area contributed by atoms with Gasteiger partial charge in [0.05, 0.1) is 10.6 Å². The van der Waals surface area contributed by atoms with Gasteiger partial charge >= 0.3 is 0 Å². The number of anilines is 2. The molecule has 2 aromatic heterocycles. The number of aromatic amines is 1. The molecule has 3 N–H and O–H groups in total. The smallest absolute Gasteiger partial charge is 0.241 e. The minimum Gasteiger partial charge on any atom is -0.336 e. The van der Waals surface area contributed by atoms with Crippen LogP contribution in [0.25, 0.3) is 0 Å². The lowest BCUT2D eigenvalue weighted by molar-refractivity contribution is 0.583. The molecule has 7 nitrogen and oxygen atoms in total. The Balaban J connectivity index is 1.30. The predicted molar refractivity (Wildman–Crippen MR) is 125 cm³/mol. The molecule has 1 aromatic carbocycles. The van der Waals surface area contributed by atoms with E-state index in [4.69, 9.17) is 0 Å². The first kappa shape index (κ1) is 22.0. The molecule has 1 aliphatic carbocycles. The molecule has 3 heterocycles. The average Bonchev–Trinajstić information content (AvgIpc) is 3.49. The van der Waals surface area contributed by atoms with Crippen LogP contribution in [0.5, 0.6) is 0 Å². The van der Waals surface area contributed by atoms with Crippen LogP contribution < -0.4 is 10.0 Å². The van der Waals surface area contributed by atoms with Crippen molar-refractivity contribution in [1.29, 1.82) is 0 Å². The summed E-state index contributed by atoms with van der Waals surface area (Å²) < 4.78 is 41.0. The molecular formula is C24H28FN5O2S. The molecule has 1 aliphatic heterocycles. The maximum absolute atomic E-state index is 14.9. The van der Waals surface area contributed by atoms with E-state index in [1.54, 1.807) is 0 Å². The fraction of sp³-hybridized carbons (Fsp3) is 0.417. The Morgan fingerprint density at radius 1 is 1.12 bits per heavy atom. The summed E-state index contributed by atoms with van der Waals surface area (Å²) in [6, 6.07) is 7.06. The Bertz CT molecular complexity index is 1310. The van der Waals surface area contributed by atoms with Crippen LogP contribution >= 0.6 is 0 Å². The van der Waals surface area contributed by atoms with Gasteiger partial charge in [-0.05, 0) is 53.9 Å². The number of rotatable bonds is 4. The third-order valence-corrected chi connectivity index (χ3v) is 8.24. The standard InChI is InChI=1S/C24H28FN5O2S/c1-24(2,3)17-9-16(11-26-12-17)14-4-5-15(8-14)20-10-22(30-29-20)28-19-6-7-21-18(23(19)25)13-27-33(21,31)32/h6-7,9-12,14-15,27H,4-5,8,13H2,1-3H3,(H2,28,29,30). The van der Waals surface area contributed by atoms with Gasteiger partial charge in [-0.1, -0.05) is 26.8 Å². The summed E-state index contributed by atoms with van der Waals surface area (Å²) in [5.41, 5.74) is 3.98. The summed E-state index contributed by atoms with van der Waals surface area (Å²) >= 11 is 0. The highest BCUT2D eigenvalue weighted by molar-refractivity contribution is 7.89.